The van der Waals surface area contributed by atoms with Crippen LogP contribution in [0.1, 0.15) is 6.42 Å². The zero-order valence-electron chi connectivity index (χ0n) is 12.2. The van der Waals surface area contributed by atoms with Gasteiger partial charge in [0.05, 0.1) is 11.8 Å². The summed E-state index contributed by atoms with van der Waals surface area (Å²) >= 11 is 0. The van der Waals surface area contributed by atoms with Gasteiger partial charge in [-0.1, -0.05) is 42.5 Å². The molecule has 3 aliphatic rings. The molecule has 114 valence electrons. The van der Waals surface area contributed by atoms with Crippen molar-refractivity contribution in [2.45, 2.75) is 6.42 Å². The Morgan fingerprint density at radius 3 is 2.30 bits per heavy atom. The zero-order chi connectivity index (χ0) is 15.6. The number of rotatable bonds is 2. The van der Waals surface area contributed by atoms with E-state index in [2.05, 4.69) is 27.3 Å². The number of carbonyl (C=O) groups is 2. The standard InChI is InChI=1S/C17H14N4O2/c22-15-12-10-6-7-11(8-10)13(12)16(23)21(15)17-18-14(19-20-17)9-4-2-1-3-5-9/h1-7,10-13H,8H2,(H,18,19,20)/t10-,11-,12+,13+/m1/s1. The van der Waals surface area contributed by atoms with E-state index < -0.39 is 0 Å². The largest absolute Gasteiger partial charge is 0.274 e. The van der Waals surface area contributed by atoms with Crippen LogP contribution in [0.4, 0.5) is 5.95 Å². The van der Waals surface area contributed by atoms with Crippen LogP contribution in [0.3, 0.4) is 0 Å². The molecule has 2 aliphatic carbocycles. The number of imide groups is 1. The predicted molar refractivity (Wildman–Crippen MR) is 82.0 cm³/mol. The second-order valence-electron chi connectivity index (χ2n) is 6.36. The van der Waals surface area contributed by atoms with Crippen LogP contribution in [0.5, 0.6) is 0 Å². The lowest BCUT2D eigenvalue weighted by molar-refractivity contribution is -0.123. The van der Waals surface area contributed by atoms with Crippen molar-refractivity contribution < 1.29 is 9.59 Å². The summed E-state index contributed by atoms with van der Waals surface area (Å²) < 4.78 is 0. The molecule has 5 rings (SSSR count). The number of hydrogen-bond donors (Lipinski definition) is 1. The second kappa shape index (κ2) is 4.38. The number of carbonyl (C=O) groups excluding carboxylic acids is 2. The molecule has 23 heavy (non-hydrogen) atoms. The summed E-state index contributed by atoms with van der Waals surface area (Å²) in [5, 5.41) is 6.92. The van der Waals surface area contributed by atoms with E-state index in [1.807, 2.05) is 30.3 Å². The van der Waals surface area contributed by atoms with E-state index in [0.717, 1.165) is 12.0 Å². The molecule has 2 bridgehead atoms. The number of aromatic nitrogens is 3. The topological polar surface area (TPSA) is 79.0 Å². The highest BCUT2D eigenvalue weighted by Crippen LogP contribution is 2.52. The number of benzene rings is 1. The Bertz CT molecular complexity index is 811. The summed E-state index contributed by atoms with van der Waals surface area (Å²) in [4.78, 5) is 31.0. The molecule has 2 heterocycles. The van der Waals surface area contributed by atoms with Gasteiger partial charge in [-0.25, -0.2) is 4.90 Å². The van der Waals surface area contributed by atoms with E-state index in [4.69, 9.17) is 0 Å². The van der Waals surface area contributed by atoms with Gasteiger partial charge in [0.2, 0.25) is 11.8 Å². The average Bonchev–Trinajstić information content (AvgIpc) is 3.33. The Morgan fingerprint density at radius 1 is 1.00 bits per heavy atom. The molecule has 6 nitrogen and oxygen atoms in total. The number of nitrogens with zero attached hydrogens (tertiary/aromatic N) is 3. The molecule has 0 unspecified atom stereocenters. The van der Waals surface area contributed by atoms with Gasteiger partial charge in [0.1, 0.15) is 0 Å². The third-order valence-corrected chi connectivity index (χ3v) is 5.19. The fourth-order valence-electron chi connectivity index (χ4n) is 4.18. The van der Waals surface area contributed by atoms with Gasteiger partial charge in [-0.05, 0) is 18.3 Å². The van der Waals surface area contributed by atoms with Gasteiger partial charge >= 0.3 is 0 Å². The monoisotopic (exact) mass is 306 g/mol. The molecule has 2 aromatic rings. The second-order valence-corrected chi connectivity index (χ2v) is 6.36. The number of amides is 2. The van der Waals surface area contributed by atoms with Gasteiger partial charge in [-0.15, -0.1) is 5.10 Å². The van der Waals surface area contributed by atoms with Crippen LogP contribution in [0, 0.1) is 23.7 Å². The minimum atomic E-state index is -0.226. The molecule has 1 N–H and O–H groups in total. The van der Waals surface area contributed by atoms with Gasteiger partial charge in [0.15, 0.2) is 5.82 Å². The first-order valence-electron chi connectivity index (χ1n) is 7.78. The van der Waals surface area contributed by atoms with Crippen LogP contribution in [-0.4, -0.2) is 27.0 Å². The summed E-state index contributed by atoms with van der Waals surface area (Å²) in [5.74, 6) is 0.336. The molecule has 4 atom stereocenters. The average molecular weight is 306 g/mol. The first-order valence-corrected chi connectivity index (χ1v) is 7.78. The first kappa shape index (κ1) is 12.8. The number of fused-ring (bicyclic) bond motifs is 5. The van der Waals surface area contributed by atoms with E-state index in [0.29, 0.717) is 5.82 Å². The smallest absolute Gasteiger partial charge is 0.258 e. The van der Waals surface area contributed by atoms with Crippen molar-refractivity contribution in [3.05, 3.63) is 42.5 Å². The van der Waals surface area contributed by atoms with Crippen molar-refractivity contribution in [3.8, 4) is 11.4 Å². The lowest BCUT2D eigenvalue weighted by atomic mass is 9.85. The summed E-state index contributed by atoms with van der Waals surface area (Å²) in [6, 6.07) is 9.51. The van der Waals surface area contributed by atoms with Gasteiger partial charge in [-0.2, -0.15) is 4.98 Å². The molecule has 2 fully saturated rings. The summed E-state index contributed by atoms with van der Waals surface area (Å²) in [7, 11) is 0. The van der Waals surface area contributed by atoms with Gasteiger partial charge in [0.25, 0.3) is 5.95 Å². The van der Waals surface area contributed by atoms with Crippen LogP contribution in [0.2, 0.25) is 0 Å². The number of aromatic amines is 1. The first-order chi connectivity index (χ1) is 11.2. The lowest BCUT2D eigenvalue weighted by Gasteiger charge is -2.14. The molecule has 1 aromatic heterocycles. The summed E-state index contributed by atoms with van der Waals surface area (Å²) in [6.07, 6.45) is 5.08. The zero-order valence-corrected chi connectivity index (χ0v) is 12.2. The van der Waals surface area contributed by atoms with Gasteiger partial charge in [-0.3, -0.25) is 14.7 Å². The third-order valence-electron chi connectivity index (χ3n) is 5.19. The van der Waals surface area contributed by atoms with Crippen LogP contribution < -0.4 is 4.90 Å². The fourth-order valence-corrected chi connectivity index (χ4v) is 4.18. The number of anilines is 1. The molecule has 0 spiro atoms. The maximum atomic E-state index is 12.7. The van der Waals surface area contributed by atoms with E-state index in [1.54, 1.807) is 0 Å². The minimum absolute atomic E-state index is 0.157. The molecular weight excluding hydrogens is 292 g/mol. The molecule has 0 radical (unpaired) electrons. The van der Waals surface area contributed by atoms with E-state index in [1.165, 1.54) is 4.90 Å². The van der Waals surface area contributed by atoms with E-state index in [-0.39, 0.29) is 41.4 Å². The van der Waals surface area contributed by atoms with Crippen LogP contribution in [0.15, 0.2) is 42.5 Å². The predicted octanol–water partition coefficient (Wildman–Crippen LogP) is 1.78. The molecule has 1 saturated heterocycles. The quantitative estimate of drug-likeness (QED) is 0.677. The minimum Gasteiger partial charge on any atom is -0.274 e. The number of hydrogen-bond acceptors (Lipinski definition) is 4. The third kappa shape index (κ3) is 1.63. The van der Waals surface area contributed by atoms with E-state index >= 15 is 0 Å². The molecule has 2 amide bonds. The Morgan fingerprint density at radius 2 is 1.65 bits per heavy atom. The molecule has 1 aromatic carbocycles. The normalized spacial score (nSPS) is 31.2. The molecule has 1 aliphatic heterocycles. The highest BCUT2D eigenvalue weighted by molar-refractivity contribution is 6.21. The summed E-state index contributed by atoms with van der Waals surface area (Å²) in [5.41, 5.74) is 0.868. The van der Waals surface area contributed by atoms with Crippen molar-refractivity contribution in [3.63, 3.8) is 0 Å². The van der Waals surface area contributed by atoms with Crippen molar-refractivity contribution >= 4 is 17.8 Å². The van der Waals surface area contributed by atoms with Crippen molar-refractivity contribution in [1.82, 2.24) is 15.2 Å². The Kier molecular flexibility index (Phi) is 2.43. The number of nitrogens with one attached hydrogen (secondary N) is 1. The molecule has 1 saturated carbocycles. The van der Waals surface area contributed by atoms with Crippen molar-refractivity contribution in [1.29, 1.82) is 0 Å². The maximum absolute atomic E-state index is 12.7. The highest BCUT2D eigenvalue weighted by atomic mass is 16.2. The SMILES string of the molecule is O=C1[C@@H]2[C@@H](C(=O)N1c1n[nH]c(-c3ccccc3)n1)[C@@H]1C=C[C@@H]2C1. The Hall–Kier alpha value is -2.76. The maximum Gasteiger partial charge on any atom is 0.258 e. The fraction of sp³-hybridized carbons (Fsp3) is 0.294. The number of H-pyrrole nitrogens is 1. The van der Waals surface area contributed by atoms with Gasteiger partial charge < -0.3 is 0 Å². The summed E-state index contributed by atoms with van der Waals surface area (Å²) in [6.45, 7) is 0. The van der Waals surface area contributed by atoms with Crippen molar-refractivity contribution in [2.24, 2.45) is 23.7 Å². The van der Waals surface area contributed by atoms with E-state index in [9.17, 15) is 9.59 Å². The molecular formula is C17H14N4O2. The lowest BCUT2D eigenvalue weighted by Crippen LogP contribution is -2.33. The van der Waals surface area contributed by atoms with Crippen LogP contribution >= 0.6 is 0 Å². The molecule has 6 heteroatoms. The van der Waals surface area contributed by atoms with Crippen LogP contribution in [0.25, 0.3) is 11.4 Å². The van der Waals surface area contributed by atoms with Crippen LogP contribution in [-0.2, 0) is 9.59 Å². The van der Waals surface area contributed by atoms with Gasteiger partial charge in [0, 0.05) is 5.56 Å². The number of allylic oxidation sites excluding steroid dienone is 2. The van der Waals surface area contributed by atoms with Crippen molar-refractivity contribution in [2.75, 3.05) is 4.90 Å². The Balaban J connectivity index is 1.51. The Labute approximate surface area is 132 Å². The highest BCUT2D eigenvalue weighted by Gasteiger charge is 2.60.